The van der Waals surface area contributed by atoms with Gasteiger partial charge >= 0.3 is 5.97 Å². The lowest BCUT2D eigenvalue weighted by atomic mass is 10.1. The summed E-state index contributed by atoms with van der Waals surface area (Å²) in [6.45, 7) is 2.21. The van der Waals surface area contributed by atoms with Crippen molar-refractivity contribution >= 4 is 11.8 Å². The van der Waals surface area contributed by atoms with Crippen LogP contribution in [0.15, 0.2) is 48.6 Å². The molecule has 0 unspecified atom stereocenters. The van der Waals surface area contributed by atoms with Crippen LogP contribution in [0.4, 0.5) is 0 Å². The Kier molecular flexibility index (Phi) is 15.1. The van der Waals surface area contributed by atoms with E-state index in [2.05, 4.69) is 31.2 Å². The SMILES string of the molecule is CCCCC/C=C\C/C=C\C/C=C\C=C/C(=O)CCCC(=O)O. The van der Waals surface area contributed by atoms with Crippen molar-refractivity contribution in [2.45, 2.75) is 64.7 Å². The number of rotatable bonds is 14. The zero-order chi connectivity index (χ0) is 17.2. The number of aliphatic carboxylic acids is 1. The molecule has 0 bridgehead atoms. The summed E-state index contributed by atoms with van der Waals surface area (Å²) >= 11 is 0. The zero-order valence-electron chi connectivity index (χ0n) is 14.2. The number of allylic oxidation sites excluding steroid dienone is 8. The monoisotopic (exact) mass is 318 g/mol. The molecule has 0 aromatic heterocycles. The standard InChI is InChI=1S/C20H30O3/c1-2-3-4-5-6-7-8-9-10-11-12-13-14-16-19(21)17-15-18-20(22)23/h6-7,9-10,12-14,16H,2-5,8,11,15,17-18H2,1H3,(H,22,23)/b7-6-,10-9-,13-12-,16-14-. The summed E-state index contributed by atoms with van der Waals surface area (Å²) in [7, 11) is 0. The van der Waals surface area contributed by atoms with Gasteiger partial charge in [0.05, 0.1) is 0 Å². The van der Waals surface area contributed by atoms with Crippen LogP contribution in [0.25, 0.3) is 0 Å². The summed E-state index contributed by atoms with van der Waals surface area (Å²) in [5.41, 5.74) is 0. The smallest absolute Gasteiger partial charge is 0.303 e. The fraction of sp³-hybridized carbons (Fsp3) is 0.500. The summed E-state index contributed by atoms with van der Waals surface area (Å²) in [6, 6.07) is 0. The van der Waals surface area contributed by atoms with Gasteiger partial charge in [0, 0.05) is 12.8 Å². The molecule has 0 amide bonds. The Morgan fingerprint density at radius 2 is 1.52 bits per heavy atom. The van der Waals surface area contributed by atoms with Gasteiger partial charge < -0.3 is 5.11 Å². The van der Waals surface area contributed by atoms with E-state index in [0.29, 0.717) is 12.8 Å². The molecule has 0 aromatic rings. The molecular formula is C20H30O3. The lowest BCUT2D eigenvalue weighted by molar-refractivity contribution is -0.137. The molecular weight excluding hydrogens is 288 g/mol. The first-order chi connectivity index (χ1) is 11.2. The summed E-state index contributed by atoms with van der Waals surface area (Å²) in [4.78, 5) is 21.7. The molecule has 0 atom stereocenters. The topological polar surface area (TPSA) is 54.4 Å². The van der Waals surface area contributed by atoms with Crippen molar-refractivity contribution < 1.29 is 14.7 Å². The molecule has 1 N–H and O–H groups in total. The van der Waals surface area contributed by atoms with Crippen molar-refractivity contribution in [1.82, 2.24) is 0 Å². The maximum Gasteiger partial charge on any atom is 0.303 e. The van der Waals surface area contributed by atoms with Crippen LogP contribution < -0.4 is 0 Å². The first-order valence-electron chi connectivity index (χ1n) is 8.54. The van der Waals surface area contributed by atoms with E-state index >= 15 is 0 Å². The van der Waals surface area contributed by atoms with Gasteiger partial charge in [0.1, 0.15) is 0 Å². The van der Waals surface area contributed by atoms with Crippen LogP contribution in [0, 0.1) is 0 Å². The van der Waals surface area contributed by atoms with Gasteiger partial charge in [-0.05, 0) is 38.2 Å². The van der Waals surface area contributed by atoms with Gasteiger partial charge in [0.15, 0.2) is 5.78 Å². The summed E-state index contributed by atoms with van der Waals surface area (Å²) in [5, 5.41) is 8.47. The van der Waals surface area contributed by atoms with Crippen LogP contribution >= 0.6 is 0 Å². The largest absolute Gasteiger partial charge is 0.481 e. The Bertz CT molecular complexity index is 428. The third-order valence-electron chi connectivity index (χ3n) is 3.20. The second-order valence-electron chi connectivity index (χ2n) is 5.41. The Hall–Kier alpha value is -1.90. The highest BCUT2D eigenvalue weighted by Crippen LogP contribution is 2.01. The fourth-order valence-corrected chi connectivity index (χ4v) is 1.89. The highest BCUT2D eigenvalue weighted by Gasteiger charge is 1.99. The van der Waals surface area contributed by atoms with Gasteiger partial charge in [0.2, 0.25) is 0 Å². The average molecular weight is 318 g/mol. The summed E-state index contributed by atoms with van der Waals surface area (Å²) in [5.74, 6) is -0.885. The number of carbonyl (C=O) groups excluding carboxylic acids is 1. The summed E-state index contributed by atoms with van der Waals surface area (Å²) in [6.07, 6.45) is 23.3. The molecule has 3 nitrogen and oxygen atoms in total. The normalized spacial score (nSPS) is 12.2. The number of hydrogen-bond acceptors (Lipinski definition) is 2. The van der Waals surface area contributed by atoms with Crippen LogP contribution in [0.3, 0.4) is 0 Å². The van der Waals surface area contributed by atoms with E-state index in [0.717, 1.165) is 12.8 Å². The second kappa shape index (κ2) is 16.5. The minimum Gasteiger partial charge on any atom is -0.481 e. The number of ketones is 1. The first kappa shape index (κ1) is 21.1. The lowest BCUT2D eigenvalue weighted by Crippen LogP contribution is -1.97. The first-order valence-corrected chi connectivity index (χ1v) is 8.54. The molecule has 0 aliphatic carbocycles. The molecule has 0 aromatic carbocycles. The molecule has 0 saturated heterocycles. The Balaban J connectivity index is 3.61. The predicted molar refractivity (Wildman–Crippen MR) is 96.4 cm³/mol. The number of carboxylic acids is 1. The quantitative estimate of drug-likeness (QED) is 0.202. The third kappa shape index (κ3) is 18.1. The Morgan fingerprint density at radius 1 is 0.826 bits per heavy atom. The number of hydrogen-bond donors (Lipinski definition) is 1. The second-order valence-corrected chi connectivity index (χ2v) is 5.41. The van der Waals surface area contributed by atoms with Crippen molar-refractivity contribution in [3.05, 3.63) is 48.6 Å². The van der Waals surface area contributed by atoms with Crippen molar-refractivity contribution in [1.29, 1.82) is 0 Å². The average Bonchev–Trinajstić information content (AvgIpc) is 2.51. The van der Waals surface area contributed by atoms with E-state index in [1.165, 1.54) is 31.8 Å². The molecule has 0 fully saturated rings. The minimum absolute atomic E-state index is 0.0281. The van der Waals surface area contributed by atoms with Crippen LogP contribution in [0.2, 0.25) is 0 Å². The fourth-order valence-electron chi connectivity index (χ4n) is 1.89. The van der Waals surface area contributed by atoms with Crippen molar-refractivity contribution in [3.8, 4) is 0 Å². The third-order valence-corrected chi connectivity index (χ3v) is 3.20. The molecule has 0 radical (unpaired) electrons. The lowest BCUT2D eigenvalue weighted by Gasteiger charge is -1.92. The van der Waals surface area contributed by atoms with E-state index in [4.69, 9.17) is 5.11 Å². The van der Waals surface area contributed by atoms with Crippen molar-refractivity contribution in [3.63, 3.8) is 0 Å². The summed E-state index contributed by atoms with van der Waals surface area (Å²) < 4.78 is 0. The van der Waals surface area contributed by atoms with E-state index in [1.54, 1.807) is 6.08 Å². The number of carboxylic acid groups (broad SMARTS) is 1. The van der Waals surface area contributed by atoms with Crippen LogP contribution in [0.5, 0.6) is 0 Å². The van der Waals surface area contributed by atoms with Gasteiger partial charge in [0.25, 0.3) is 0 Å². The van der Waals surface area contributed by atoms with E-state index in [9.17, 15) is 9.59 Å². The van der Waals surface area contributed by atoms with E-state index in [-0.39, 0.29) is 12.2 Å². The number of carbonyl (C=O) groups is 2. The Morgan fingerprint density at radius 3 is 2.22 bits per heavy atom. The van der Waals surface area contributed by atoms with Crippen LogP contribution in [-0.2, 0) is 9.59 Å². The molecule has 23 heavy (non-hydrogen) atoms. The number of unbranched alkanes of at least 4 members (excludes halogenated alkanes) is 3. The van der Waals surface area contributed by atoms with Gasteiger partial charge in [-0.15, -0.1) is 0 Å². The molecule has 3 heteroatoms. The molecule has 0 aliphatic heterocycles. The molecule has 0 rings (SSSR count). The van der Waals surface area contributed by atoms with Gasteiger partial charge in [-0.3, -0.25) is 9.59 Å². The maximum atomic E-state index is 11.4. The van der Waals surface area contributed by atoms with Gasteiger partial charge in [-0.2, -0.15) is 0 Å². The highest BCUT2D eigenvalue weighted by atomic mass is 16.4. The molecule has 0 aliphatic rings. The van der Waals surface area contributed by atoms with Gasteiger partial charge in [-0.25, -0.2) is 0 Å². The minimum atomic E-state index is -0.857. The van der Waals surface area contributed by atoms with Crippen molar-refractivity contribution in [2.75, 3.05) is 0 Å². The highest BCUT2D eigenvalue weighted by molar-refractivity contribution is 5.90. The Labute approximate surface area is 140 Å². The zero-order valence-corrected chi connectivity index (χ0v) is 14.2. The van der Waals surface area contributed by atoms with E-state index in [1.807, 2.05) is 12.2 Å². The molecule has 0 saturated carbocycles. The predicted octanol–water partition coefficient (Wildman–Crippen LogP) is 5.40. The van der Waals surface area contributed by atoms with Crippen LogP contribution in [0.1, 0.15) is 64.7 Å². The molecule has 128 valence electrons. The molecule has 0 heterocycles. The van der Waals surface area contributed by atoms with Crippen LogP contribution in [-0.4, -0.2) is 16.9 Å². The van der Waals surface area contributed by atoms with Gasteiger partial charge in [-0.1, -0.05) is 62.3 Å². The van der Waals surface area contributed by atoms with E-state index < -0.39 is 5.97 Å². The maximum absolute atomic E-state index is 11.4. The van der Waals surface area contributed by atoms with Crippen molar-refractivity contribution in [2.24, 2.45) is 0 Å². The molecule has 0 spiro atoms.